The average Bonchev–Trinajstić information content (AvgIpc) is 3.12. The zero-order valence-electron chi connectivity index (χ0n) is 18.1. The van der Waals surface area contributed by atoms with E-state index in [0.29, 0.717) is 12.0 Å². The summed E-state index contributed by atoms with van der Waals surface area (Å²) in [6.45, 7) is 7.47. The number of imide groups is 1. The Balaban J connectivity index is 1.75. The Kier molecular flexibility index (Phi) is 5.47. The Morgan fingerprint density at radius 3 is 2.33 bits per heavy atom. The molecule has 2 atom stereocenters. The summed E-state index contributed by atoms with van der Waals surface area (Å²) in [6, 6.07) is 6.44. The van der Waals surface area contributed by atoms with E-state index in [4.69, 9.17) is 0 Å². The average molecular weight is 436 g/mol. The third-order valence-electron chi connectivity index (χ3n) is 6.05. The highest BCUT2D eigenvalue weighted by Gasteiger charge is 2.50. The van der Waals surface area contributed by atoms with Crippen molar-refractivity contribution in [3.63, 3.8) is 0 Å². The van der Waals surface area contributed by atoms with Crippen molar-refractivity contribution in [2.75, 3.05) is 25.1 Å². The highest BCUT2D eigenvalue weighted by molar-refractivity contribution is 7.91. The molecule has 0 aromatic heterocycles. The summed E-state index contributed by atoms with van der Waals surface area (Å²) in [6.07, 6.45) is 0.364. The van der Waals surface area contributed by atoms with E-state index in [0.717, 1.165) is 10.5 Å². The van der Waals surface area contributed by atoms with E-state index in [9.17, 15) is 22.8 Å². The Labute approximate surface area is 177 Å². The van der Waals surface area contributed by atoms with Gasteiger partial charge in [-0.15, -0.1) is 0 Å². The first-order chi connectivity index (χ1) is 13.7. The van der Waals surface area contributed by atoms with Crippen molar-refractivity contribution in [1.29, 1.82) is 0 Å². The number of amides is 4. The molecule has 2 saturated heterocycles. The predicted octanol–water partition coefficient (Wildman–Crippen LogP) is 1.40. The first-order valence-electron chi connectivity index (χ1n) is 9.96. The molecular formula is C21H29N3O5S. The van der Waals surface area contributed by atoms with Crippen LogP contribution < -0.4 is 5.32 Å². The molecule has 3 rings (SSSR count). The first kappa shape index (κ1) is 22.3. The number of benzene rings is 1. The van der Waals surface area contributed by atoms with Crippen LogP contribution >= 0.6 is 0 Å². The maximum absolute atomic E-state index is 13.1. The summed E-state index contributed by atoms with van der Waals surface area (Å²) in [5.41, 5.74) is 0.438. The quantitative estimate of drug-likeness (QED) is 0.720. The number of urea groups is 1. The van der Waals surface area contributed by atoms with Crippen molar-refractivity contribution in [2.24, 2.45) is 0 Å². The summed E-state index contributed by atoms with van der Waals surface area (Å²) < 4.78 is 23.4. The van der Waals surface area contributed by atoms with Gasteiger partial charge < -0.3 is 10.2 Å². The van der Waals surface area contributed by atoms with Gasteiger partial charge in [0.25, 0.3) is 5.91 Å². The van der Waals surface area contributed by atoms with Gasteiger partial charge in [-0.1, -0.05) is 45.0 Å². The number of hydrogen-bond acceptors (Lipinski definition) is 5. The number of likely N-dealkylation sites (N-methyl/N-ethyl adjacent to an activating group) is 1. The summed E-state index contributed by atoms with van der Waals surface area (Å²) >= 11 is 0. The molecule has 2 heterocycles. The van der Waals surface area contributed by atoms with Gasteiger partial charge in [-0.2, -0.15) is 0 Å². The molecule has 2 fully saturated rings. The Morgan fingerprint density at radius 1 is 1.23 bits per heavy atom. The van der Waals surface area contributed by atoms with Crippen LogP contribution in [0.5, 0.6) is 0 Å². The van der Waals surface area contributed by atoms with E-state index in [-0.39, 0.29) is 16.9 Å². The van der Waals surface area contributed by atoms with Crippen molar-refractivity contribution >= 4 is 27.7 Å². The second kappa shape index (κ2) is 7.37. The SMILES string of the molecule is CN(C(=O)CN1C(=O)N[C@@](C)(c2ccc(C(C)(C)C)cc2)C1=O)[C@@H]1CCS(=O)(=O)C1. The Morgan fingerprint density at radius 2 is 1.83 bits per heavy atom. The lowest BCUT2D eigenvalue weighted by molar-refractivity contribution is -0.139. The van der Waals surface area contributed by atoms with Gasteiger partial charge in [0.05, 0.1) is 11.5 Å². The van der Waals surface area contributed by atoms with Crippen molar-refractivity contribution in [2.45, 2.75) is 51.1 Å². The molecule has 1 aromatic carbocycles. The molecule has 8 nitrogen and oxygen atoms in total. The standard InChI is InChI=1S/C21H29N3O5S/c1-20(2,3)14-6-8-15(9-7-14)21(4)18(26)24(19(27)22-21)12-17(25)23(5)16-10-11-30(28,29)13-16/h6-9,16H,10-13H2,1-5H3,(H,22,27)/t16-,21+/m1/s1. The fourth-order valence-corrected chi connectivity index (χ4v) is 5.65. The maximum atomic E-state index is 13.1. The van der Waals surface area contributed by atoms with E-state index in [1.54, 1.807) is 6.92 Å². The second-order valence-electron chi connectivity index (χ2n) is 9.34. The molecule has 2 aliphatic rings. The van der Waals surface area contributed by atoms with Crippen LogP contribution in [-0.4, -0.2) is 67.2 Å². The lowest BCUT2D eigenvalue weighted by Gasteiger charge is -2.26. The normalized spacial score (nSPS) is 26.0. The van der Waals surface area contributed by atoms with Crippen LogP contribution in [0, 0.1) is 0 Å². The Bertz CT molecular complexity index is 981. The van der Waals surface area contributed by atoms with Gasteiger partial charge in [0.1, 0.15) is 12.1 Å². The van der Waals surface area contributed by atoms with Crippen molar-refractivity contribution in [3.8, 4) is 0 Å². The van der Waals surface area contributed by atoms with Crippen LogP contribution in [-0.2, 0) is 30.4 Å². The van der Waals surface area contributed by atoms with Gasteiger partial charge in [-0.3, -0.25) is 14.5 Å². The second-order valence-corrected chi connectivity index (χ2v) is 11.6. The van der Waals surface area contributed by atoms with Crippen molar-refractivity contribution in [1.82, 2.24) is 15.1 Å². The van der Waals surface area contributed by atoms with Gasteiger partial charge in [0.2, 0.25) is 5.91 Å². The minimum atomic E-state index is -3.15. The lowest BCUT2D eigenvalue weighted by atomic mass is 9.84. The predicted molar refractivity (Wildman–Crippen MR) is 113 cm³/mol. The van der Waals surface area contributed by atoms with Crippen LogP contribution in [0.1, 0.15) is 45.2 Å². The monoisotopic (exact) mass is 435 g/mol. The number of nitrogens with zero attached hydrogens (tertiary/aromatic N) is 2. The van der Waals surface area contributed by atoms with E-state index < -0.39 is 45.8 Å². The number of sulfone groups is 1. The number of carbonyl (C=O) groups is 3. The molecule has 0 saturated carbocycles. The summed E-state index contributed by atoms with van der Waals surface area (Å²) in [4.78, 5) is 40.5. The number of carbonyl (C=O) groups excluding carboxylic acids is 3. The first-order valence-corrected chi connectivity index (χ1v) is 11.8. The molecule has 0 bridgehead atoms. The molecule has 0 unspecified atom stereocenters. The van der Waals surface area contributed by atoms with Crippen LogP contribution in [0.25, 0.3) is 0 Å². The van der Waals surface area contributed by atoms with Gasteiger partial charge in [-0.05, 0) is 29.9 Å². The maximum Gasteiger partial charge on any atom is 0.325 e. The Hall–Kier alpha value is -2.42. The van der Waals surface area contributed by atoms with Crippen LogP contribution in [0.15, 0.2) is 24.3 Å². The van der Waals surface area contributed by atoms with Crippen LogP contribution in [0.3, 0.4) is 0 Å². The lowest BCUT2D eigenvalue weighted by Crippen LogP contribution is -2.46. The van der Waals surface area contributed by atoms with E-state index in [1.165, 1.54) is 11.9 Å². The number of rotatable bonds is 4. The number of hydrogen-bond donors (Lipinski definition) is 1. The largest absolute Gasteiger partial charge is 0.340 e. The van der Waals surface area contributed by atoms with Gasteiger partial charge in [0, 0.05) is 13.1 Å². The van der Waals surface area contributed by atoms with Crippen molar-refractivity contribution in [3.05, 3.63) is 35.4 Å². The fourth-order valence-electron chi connectivity index (χ4n) is 3.87. The molecule has 0 aliphatic carbocycles. The smallest absolute Gasteiger partial charge is 0.325 e. The topological polar surface area (TPSA) is 104 Å². The molecule has 4 amide bonds. The van der Waals surface area contributed by atoms with E-state index in [1.807, 2.05) is 24.3 Å². The van der Waals surface area contributed by atoms with Crippen LogP contribution in [0.4, 0.5) is 4.79 Å². The minimum absolute atomic E-state index is 0.0425. The van der Waals surface area contributed by atoms with Gasteiger partial charge in [0.15, 0.2) is 9.84 Å². The summed E-state index contributed by atoms with van der Waals surface area (Å²) in [7, 11) is -1.63. The van der Waals surface area contributed by atoms with Gasteiger partial charge in [-0.25, -0.2) is 13.2 Å². The molecule has 1 aromatic rings. The molecule has 164 valence electrons. The number of nitrogens with one attached hydrogen (secondary N) is 1. The zero-order chi connectivity index (χ0) is 22.5. The molecule has 2 aliphatic heterocycles. The van der Waals surface area contributed by atoms with Crippen molar-refractivity contribution < 1.29 is 22.8 Å². The molecule has 9 heteroatoms. The third-order valence-corrected chi connectivity index (χ3v) is 7.80. The molecule has 30 heavy (non-hydrogen) atoms. The highest BCUT2D eigenvalue weighted by atomic mass is 32.2. The van der Waals surface area contributed by atoms with E-state index in [2.05, 4.69) is 26.1 Å². The fraction of sp³-hybridized carbons (Fsp3) is 0.571. The molecule has 1 N–H and O–H groups in total. The van der Waals surface area contributed by atoms with E-state index >= 15 is 0 Å². The zero-order valence-corrected chi connectivity index (χ0v) is 18.9. The molecule has 0 radical (unpaired) electrons. The highest BCUT2D eigenvalue weighted by Crippen LogP contribution is 2.31. The summed E-state index contributed by atoms with van der Waals surface area (Å²) in [5.74, 6) is -1.02. The van der Waals surface area contributed by atoms with Gasteiger partial charge >= 0.3 is 6.03 Å². The minimum Gasteiger partial charge on any atom is -0.340 e. The molecular weight excluding hydrogens is 406 g/mol. The van der Waals surface area contributed by atoms with Crippen LogP contribution in [0.2, 0.25) is 0 Å². The third kappa shape index (κ3) is 4.08. The summed E-state index contributed by atoms with van der Waals surface area (Å²) in [5, 5.41) is 2.70. The molecule has 0 spiro atoms.